The molecule has 0 unspecified atom stereocenters. The summed E-state index contributed by atoms with van der Waals surface area (Å²) >= 11 is 5.50. The van der Waals surface area contributed by atoms with Gasteiger partial charge in [0, 0.05) is 0 Å². The van der Waals surface area contributed by atoms with Crippen LogP contribution in [0.2, 0.25) is 0 Å². The minimum atomic E-state index is 0.205. The fraction of sp³-hybridized carbons (Fsp3) is 0. The number of rotatable bonds is 1. The molecule has 0 spiro atoms. The molecular weight excluding hydrogens is 158 g/mol. The highest BCUT2D eigenvalue weighted by molar-refractivity contribution is 6.33. The van der Waals surface area contributed by atoms with Crippen LogP contribution in [0.15, 0.2) is 35.4 Å². The molecule has 0 saturated carbocycles. The van der Waals surface area contributed by atoms with Gasteiger partial charge in [-0.25, -0.2) is 0 Å². The van der Waals surface area contributed by atoms with Crippen molar-refractivity contribution in [3.8, 4) is 6.07 Å². The van der Waals surface area contributed by atoms with E-state index in [9.17, 15) is 0 Å². The molecule has 0 saturated heterocycles. The molecular formula is C9H6ClN. The number of nitriles is 1. The number of hydrogen-bond acceptors (Lipinski definition) is 1. The third kappa shape index (κ3) is 2.45. The second-order valence-electron chi connectivity index (χ2n) is 2.01. The predicted octanol–water partition coefficient (Wildman–Crippen LogP) is 2.79. The molecule has 0 aliphatic rings. The van der Waals surface area contributed by atoms with Crippen LogP contribution >= 0.6 is 11.6 Å². The monoisotopic (exact) mass is 163 g/mol. The van der Waals surface area contributed by atoms with Crippen LogP contribution in [0.3, 0.4) is 0 Å². The Morgan fingerprint density at radius 2 is 2.00 bits per heavy atom. The highest BCUT2D eigenvalue weighted by Gasteiger charge is 1.88. The van der Waals surface area contributed by atoms with Gasteiger partial charge in [-0.05, 0) is 11.6 Å². The summed E-state index contributed by atoms with van der Waals surface area (Å²) in [6, 6.07) is 11.3. The molecule has 0 radical (unpaired) electrons. The molecule has 0 aliphatic heterocycles. The van der Waals surface area contributed by atoms with Gasteiger partial charge in [0.15, 0.2) is 0 Å². The van der Waals surface area contributed by atoms with Crippen LogP contribution < -0.4 is 0 Å². The van der Waals surface area contributed by atoms with E-state index in [0.29, 0.717) is 0 Å². The number of hydrogen-bond donors (Lipinski definition) is 0. The van der Waals surface area contributed by atoms with Crippen molar-refractivity contribution in [1.82, 2.24) is 0 Å². The SMILES string of the molecule is N#C/C(Cl)=C\c1ccccc1. The Kier molecular flexibility index (Phi) is 2.71. The number of nitrogens with zero attached hydrogens (tertiary/aromatic N) is 1. The molecule has 0 aliphatic carbocycles. The molecule has 2 heteroatoms. The Hall–Kier alpha value is -1.26. The first-order chi connectivity index (χ1) is 5.33. The standard InChI is InChI=1S/C9H6ClN/c10-9(7-11)6-8-4-2-1-3-5-8/h1-6H/b9-6+. The lowest BCUT2D eigenvalue weighted by atomic mass is 10.2. The summed E-state index contributed by atoms with van der Waals surface area (Å²) < 4.78 is 0. The zero-order valence-electron chi connectivity index (χ0n) is 5.79. The van der Waals surface area contributed by atoms with Crippen molar-refractivity contribution in [2.75, 3.05) is 0 Å². The quantitative estimate of drug-likeness (QED) is 0.584. The van der Waals surface area contributed by atoms with E-state index in [0.717, 1.165) is 5.56 Å². The van der Waals surface area contributed by atoms with E-state index in [2.05, 4.69) is 0 Å². The zero-order valence-corrected chi connectivity index (χ0v) is 6.55. The predicted molar refractivity (Wildman–Crippen MR) is 45.9 cm³/mol. The van der Waals surface area contributed by atoms with Crippen LogP contribution in [0.4, 0.5) is 0 Å². The molecule has 0 bridgehead atoms. The zero-order chi connectivity index (χ0) is 8.10. The lowest BCUT2D eigenvalue weighted by molar-refractivity contribution is 1.53. The summed E-state index contributed by atoms with van der Waals surface area (Å²) in [4.78, 5) is 0. The summed E-state index contributed by atoms with van der Waals surface area (Å²) in [5.74, 6) is 0. The summed E-state index contributed by atoms with van der Waals surface area (Å²) in [5.41, 5.74) is 0.944. The third-order valence-electron chi connectivity index (χ3n) is 1.20. The fourth-order valence-corrected chi connectivity index (χ4v) is 0.854. The summed E-state index contributed by atoms with van der Waals surface area (Å²) in [5, 5.41) is 8.55. The molecule has 1 aromatic rings. The average Bonchev–Trinajstić information content (AvgIpc) is 2.06. The van der Waals surface area contributed by atoms with Crippen LogP contribution in [-0.4, -0.2) is 0 Å². The van der Waals surface area contributed by atoms with Crippen molar-refractivity contribution in [3.63, 3.8) is 0 Å². The maximum absolute atomic E-state index is 8.35. The van der Waals surface area contributed by atoms with E-state index in [-0.39, 0.29) is 5.03 Å². The van der Waals surface area contributed by atoms with E-state index >= 15 is 0 Å². The van der Waals surface area contributed by atoms with Crippen molar-refractivity contribution in [2.24, 2.45) is 0 Å². The van der Waals surface area contributed by atoms with Gasteiger partial charge < -0.3 is 0 Å². The van der Waals surface area contributed by atoms with E-state index < -0.39 is 0 Å². The van der Waals surface area contributed by atoms with Crippen molar-refractivity contribution in [3.05, 3.63) is 40.9 Å². The smallest absolute Gasteiger partial charge is 0.118 e. The highest BCUT2D eigenvalue weighted by Crippen LogP contribution is 2.07. The first kappa shape index (κ1) is 7.84. The lowest BCUT2D eigenvalue weighted by Crippen LogP contribution is -1.69. The molecule has 0 atom stereocenters. The topological polar surface area (TPSA) is 23.8 Å². The van der Waals surface area contributed by atoms with E-state index in [4.69, 9.17) is 16.9 Å². The van der Waals surface area contributed by atoms with Gasteiger partial charge in [-0.2, -0.15) is 5.26 Å². The molecule has 0 fully saturated rings. The van der Waals surface area contributed by atoms with Crippen LogP contribution in [0.5, 0.6) is 0 Å². The Balaban J connectivity index is 2.90. The van der Waals surface area contributed by atoms with Gasteiger partial charge in [-0.15, -0.1) is 0 Å². The largest absolute Gasteiger partial charge is 0.191 e. The highest BCUT2D eigenvalue weighted by atomic mass is 35.5. The second-order valence-corrected chi connectivity index (χ2v) is 2.42. The Labute approximate surface area is 70.5 Å². The molecule has 1 rings (SSSR count). The number of allylic oxidation sites excluding steroid dienone is 1. The van der Waals surface area contributed by atoms with E-state index in [1.165, 1.54) is 0 Å². The van der Waals surface area contributed by atoms with Crippen LogP contribution in [0, 0.1) is 11.3 Å². The first-order valence-corrected chi connectivity index (χ1v) is 3.53. The molecule has 54 valence electrons. The summed E-state index contributed by atoms with van der Waals surface area (Å²) in [6.07, 6.45) is 1.63. The molecule has 0 aromatic heterocycles. The Morgan fingerprint density at radius 3 is 2.55 bits per heavy atom. The molecule has 11 heavy (non-hydrogen) atoms. The molecule has 0 amide bonds. The van der Waals surface area contributed by atoms with Crippen molar-refractivity contribution < 1.29 is 0 Å². The molecule has 0 heterocycles. The average molecular weight is 164 g/mol. The summed E-state index contributed by atoms with van der Waals surface area (Å²) in [7, 11) is 0. The summed E-state index contributed by atoms with van der Waals surface area (Å²) in [6.45, 7) is 0. The maximum Gasteiger partial charge on any atom is 0.118 e. The van der Waals surface area contributed by atoms with Crippen LogP contribution in [-0.2, 0) is 0 Å². The molecule has 1 aromatic carbocycles. The lowest BCUT2D eigenvalue weighted by Gasteiger charge is -1.88. The van der Waals surface area contributed by atoms with Crippen molar-refractivity contribution >= 4 is 17.7 Å². The minimum absolute atomic E-state index is 0.205. The van der Waals surface area contributed by atoms with Gasteiger partial charge >= 0.3 is 0 Å². The van der Waals surface area contributed by atoms with Crippen molar-refractivity contribution in [1.29, 1.82) is 5.26 Å². The van der Waals surface area contributed by atoms with Crippen LogP contribution in [0.1, 0.15) is 5.56 Å². The normalized spacial score (nSPS) is 10.7. The van der Waals surface area contributed by atoms with Gasteiger partial charge in [0.2, 0.25) is 0 Å². The number of halogens is 1. The molecule has 0 N–H and O–H groups in total. The van der Waals surface area contributed by atoms with E-state index in [1.807, 2.05) is 36.4 Å². The van der Waals surface area contributed by atoms with Gasteiger partial charge in [-0.3, -0.25) is 0 Å². The van der Waals surface area contributed by atoms with Gasteiger partial charge in [-0.1, -0.05) is 41.9 Å². The van der Waals surface area contributed by atoms with Gasteiger partial charge in [0.05, 0.1) is 0 Å². The van der Waals surface area contributed by atoms with Crippen molar-refractivity contribution in [2.45, 2.75) is 0 Å². The molecule has 1 nitrogen and oxygen atoms in total. The maximum atomic E-state index is 8.35. The van der Waals surface area contributed by atoms with Gasteiger partial charge in [0.1, 0.15) is 11.1 Å². The minimum Gasteiger partial charge on any atom is -0.191 e. The fourth-order valence-electron chi connectivity index (χ4n) is 0.728. The van der Waals surface area contributed by atoms with E-state index in [1.54, 1.807) is 6.08 Å². The Bertz CT molecular complexity index is 295. The Morgan fingerprint density at radius 1 is 1.36 bits per heavy atom. The third-order valence-corrected chi connectivity index (χ3v) is 1.39. The van der Waals surface area contributed by atoms with Gasteiger partial charge in [0.25, 0.3) is 0 Å². The second kappa shape index (κ2) is 3.80. The number of benzene rings is 1. The first-order valence-electron chi connectivity index (χ1n) is 3.15. The van der Waals surface area contributed by atoms with Crippen LogP contribution in [0.25, 0.3) is 6.08 Å².